The minimum Gasteiger partial charge on any atom is -0.481 e. The second kappa shape index (κ2) is 5.24. The minimum absolute atomic E-state index is 0.0476. The fourth-order valence-electron chi connectivity index (χ4n) is 2.80. The van der Waals surface area contributed by atoms with Crippen LogP contribution in [0, 0.1) is 5.92 Å². The molecule has 2 fully saturated rings. The maximum Gasteiger partial charge on any atom is 0.308 e. The molecule has 0 bridgehead atoms. The van der Waals surface area contributed by atoms with E-state index in [1.54, 1.807) is 4.90 Å². The van der Waals surface area contributed by atoms with Gasteiger partial charge in [-0.1, -0.05) is 0 Å². The number of carboxylic acid groups (broad SMARTS) is 1. The largest absolute Gasteiger partial charge is 0.481 e. The SMILES string of the molecule is O=C(O)C1CCCN(C(=O)c2cc(Br)cn2C2CC2)C1. The summed E-state index contributed by atoms with van der Waals surface area (Å²) in [4.78, 5) is 25.4. The van der Waals surface area contributed by atoms with Gasteiger partial charge in [0.25, 0.3) is 5.91 Å². The Balaban J connectivity index is 1.80. The first-order valence-electron chi connectivity index (χ1n) is 6.95. The molecule has 1 atom stereocenters. The molecule has 6 heteroatoms. The molecule has 108 valence electrons. The number of rotatable bonds is 3. The monoisotopic (exact) mass is 340 g/mol. The first kappa shape index (κ1) is 13.7. The second-order valence-electron chi connectivity index (χ2n) is 5.61. The molecule has 1 amide bonds. The zero-order chi connectivity index (χ0) is 14.3. The maximum absolute atomic E-state index is 12.6. The molecule has 1 saturated heterocycles. The number of likely N-dealkylation sites (tertiary alicyclic amines) is 1. The zero-order valence-electron chi connectivity index (χ0n) is 11.1. The minimum atomic E-state index is -0.804. The molecule has 1 aliphatic carbocycles. The van der Waals surface area contributed by atoms with Gasteiger partial charge in [-0.05, 0) is 47.7 Å². The van der Waals surface area contributed by atoms with Gasteiger partial charge in [-0.3, -0.25) is 9.59 Å². The van der Waals surface area contributed by atoms with E-state index in [2.05, 4.69) is 15.9 Å². The normalized spacial score (nSPS) is 22.9. The van der Waals surface area contributed by atoms with Crippen LogP contribution in [0.3, 0.4) is 0 Å². The first-order chi connectivity index (χ1) is 9.56. The molecule has 20 heavy (non-hydrogen) atoms. The van der Waals surface area contributed by atoms with Gasteiger partial charge in [-0.15, -0.1) is 0 Å². The highest BCUT2D eigenvalue weighted by molar-refractivity contribution is 9.10. The summed E-state index contributed by atoms with van der Waals surface area (Å²) in [7, 11) is 0. The quantitative estimate of drug-likeness (QED) is 0.919. The molecule has 3 rings (SSSR count). The van der Waals surface area contributed by atoms with Crippen LogP contribution < -0.4 is 0 Å². The number of aliphatic carboxylic acids is 1. The molecular formula is C14H17BrN2O3. The average Bonchev–Trinajstić information content (AvgIpc) is 3.21. The average molecular weight is 341 g/mol. The van der Waals surface area contributed by atoms with Crippen molar-refractivity contribution in [3.63, 3.8) is 0 Å². The van der Waals surface area contributed by atoms with E-state index in [4.69, 9.17) is 5.11 Å². The van der Waals surface area contributed by atoms with E-state index < -0.39 is 11.9 Å². The summed E-state index contributed by atoms with van der Waals surface area (Å²) in [5.74, 6) is -1.28. The summed E-state index contributed by atoms with van der Waals surface area (Å²) in [6, 6.07) is 2.27. The van der Waals surface area contributed by atoms with Gasteiger partial charge in [0.1, 0.15) is 5.69 Å². The number of piperidine rings is 1. The third-order valence-corrected chi connectivity index (χ3v) is 4.47. The molecule has 1 saturated carbocycles. The number of hydrogen-bond donors (Lipinski definition) is 1. The molecule has 2 aliphatic rings. The van der Waals surface area contributed by atoms with Crippen LogP contribution in [0.1, 0.15) is 42.2 Å². The lowest BCUT2D eigenvalue weighted by Crippen LogP contribution is -2.42. The fraction of sp³-hybridized carbons (Fsp3) is 0.571. The van der Waals surface area contributed by atoms with Crippen LogP contribution in [0.4, 0.5) is 0 Å². The first-order valence-corrected chi connectivity index (χ1v) is 7.75. The summed E-state index contributed by atoms with van der Waals surface area (Å²) in [5.41, 5.74) is 0.672. The Kier molecular flexibility index (Phi) is 3.58. The summed E-state index contributed by atoms with van der Waals surface area (Å²) in [6.07, 6.45) is 5.59. The maximum atomic E-state index is 12.6. The van der Waals surface area contributed by atoms with E-state index in [-0.39, 0.29) is 5.91 Å². The van der Waals surface area contributed by atoms with Crippen molar-refractivity contribution in [1.29, 1.82) is 0 Å². The van der Waals surface area contributed by atoms with Crippen molar-refractivity contribution in [2.75, 3.05) is 13.1 Å². The zero-order valence-corrected chi connectivity index (χ0v) is 12.7. The third kappa shape index (κ3) is 2.61. The molecule has 1 aromatic heterocycles. The molecular weight excluding hydrogens is 324 g/mol. The smallest absolute Gasteiger partial charge is 0.308 e. The number of carboxylic acids is 1. The number of amides is 1. The predicted molar refractivity (Wildman–Crippen MR) is 76.7 cm³/mol. The lowest BCUT2D eigenvalue weighted by atomic mass is 9.98. The van der Waals surface area contributed by atoms with Gasteiger partial charge < -0.3 is 14.6 Å². The van der Waals surface area contributed by atoms with Gasteiger partial charge in [0, 0.05) is 29.8 Å². The van der Waals surface area contributed by atoms with Crippen molar-refractivity contribution < 1.29 is 14.7 Å². The fourth-order valence-corrected chi connectivity index (χ4v) is 3.23. The molecule has 1 aliphatic heterocycles. The Morgan fingerprint density at radius 3 is 2.70 bits per heavy atom. The van der Waals surface area contributed by atoms with Crippen LogP contribution in [0.15, 0.2) is 16.7 Å². The number of carbonyl (C=O) groups excluding carboxylic acids is 1. The molecule has 1 unspecified atom stereocenters. The van der Waals surface area contributed by atoms with E-state index in [1.807, 2.05) is 16.8 Å². The van der Waals surface area contributed by atoms with Crippen molar-refractivity contribution in [1.82, 2.24) is 9.47 Å². The number of carbonyl (C=O) groups is 2. The van der Waals surface area contributed by atoms with Crippen molar-refractivity contribution in [2.45, 2.75) is 31.7 Å². The summed E-state index contributed by atoms with van der Waals surface area (Å²) in [6.45, 7) is 0.970. The van der Waals surface area contributed by atoms with Crippen molar-refractivity contribution in [3.8, 4) is 0 Å². The Bertz CT molecular complexity index is 551. The van der Waals surface area contributed by atoms with Crippen LogP contribution in [-0.4, -0.2) is 39.5 Å². The van der Waals surface area contributed by atoms with Crippen LogP contribution in [0.2, 0.25) is 0 Å². The summed E-state index contributed by atoms with van der Waals surface area (Å²) in [5, 5.41) is 9.11. The topological polar surface area (TPSA) is 62.5 Å². The Hall–Kier alpha value is -1.30. The lowest BCUT2D eigenvalue weighted by molar-refractivity contribution is -0.143. The van der Waals surface area contributed by atoms with Crippen molar-refractivity contribution in [3.05, 3.63) is 22.4 Å². The van der Waals surface area contributed by atoms with Crippen LogP contribution in [0.25, 0.3) is 0 Å². The van der Waals surface area contributed by atoms with Crippen LogP contribution >= 0.6 is 15.9 Å². The van der Waals surface area contributed by atoms with E-state index in [0.29, 0.717) is 31.2 Å². The number of hydrogen-bond acceptors (Lipinski definition) is 2. The standard InChI is InChI=1S/C14H17BrN2O3/c15-10-6-12(17(8-10)11-3-4-11)13(18)16-5-1-2-9(7-16)14(19)20/h6,8-9,11H,1-5,7H2,(H,19,20). The van der Waals surface area contributed by atoms with Gasteiger partial charge in [0.05, 0.1) is 5.92 Å². The molecule has 1 N–H and O–H groups in total. The van der Waals surface area contributed by atoms with Gasteiger partial charge in [0.2, 0.25) is 0 Å². The van der Waals surface area contributed by atoms with E-state index >= 15 is 0 Å². The molecule has 0 spiro atoms. The highest BCUT2D eigenvalue weighted by atomic mass is 79.9. The highest BCUT2D eigenvalue weighted by Gasteiger charge is 2.32. The van der Waals surface area contributed by atoms with Crippen LogP contribution in [0.5, 0.6) is 0 Å². The predicted octanol–water partition coefficient (Wildman–Crippen LogP) is 2.52. The van der Waals surface area contributed by atoms with E-state index in [1.165, 1.54) is 0 Å². The van der Waals surface area contributed by atoms with Crippen molar-refractivity contribution >= 4 is 27.8 Å². The van der Waals surface area contributed by atoms with E-state index in [9.17, 15) is 9.59 Å². The van der Waals surface area contributed by atoms with Crippen LogP contribution in [-0.2, 0) is 4.79 Å². The highest BCUT2D eigenvalue weighted by Crippen LogP contribution is 2.38. The number of aromatic nitrogens is 1. The molecule has 2 heterocycles. The van der Waals surface area contributed by atoms with Gasteiger partial charge in [-0.2, -0.15) is 0 Å². The molecule has 0 aromatic carbocycles. The van der Waals surface area contributed by atoms with E-state index in [0.717, 1.165) is 23.7 Å². The Morgan fingerprint density at radius 2 is 2.05 bits per heavy atom. The number of nitrogens with zero attached hydrogens (tertiary/aromatic N) is 2. The lowest BCUT2D eigenvalue weighted by Gasteiger charge is -2.31. The molecule has 5 nitrogen and oxygen atoms in total. The Morgan fingerprint density at radius 1 is 1.30 bits per heavy atom. The van der Waals surface area contributed by atoms with Crippen molar-refractivity contribution in [2.24, 2.45) is 5.92 Å². The summed E-state index contributed by atoms with van der Waals surface area (Å²) >= 11 is 3.42. The van der Waals surface area contributed by atoms with Gasteiger partial charge in [0.15, 0.2) is 0 Å². The van der Waals surface area contributed by atoms with Gasteiger partial charge >= 0.3 is 5.97 Å². The Labute approximate surface area is 125 Å². The second-order valence-corrected chi connectivity index (χ2v) is 6.53. The third-order valence-electron chi connectivity index (χ3n) is 4.03. The number of halogens is 1. The van der Waals surface area contributed by atoms with Gasteiger partial charge in [-0.25, -0.2) is 0 Å². The molecule has 0 radical (unpaired) electrons. The molecule has 1 aromatic rings. The summed E-state index contributed by atoms with van der Waals surface area (Å²) < 4.78 is 2.93.